The minimum absolute atomic E-state index is 0.0930. The highest BCUT2D eigenvalue weighted by atomic mass is 16.2. The van der Waals surface area contributed by atoms with E-state index in [1.165, 1.54) is 11.6 Å². The van der Waals surface area contributed by atoms with Crippen LogP contribution in [-0.2, 0) is 24.8 Å². The molecule has 3 amide bonds. The van der Waals surface area contributed by atoms with E-state index in [4.69, 9.17) is 0 Å². The molecule has 12 heteroatoms. The summed E-state index contributed by atoms with van der Waals surface area (Å²) in [7, 11) is 1.50. The van der Waals surface area contributed by atoms with Crippen molar-refractivity contribution in [2.24, 2.45) is 7.05 Å². The van der Waals surface area contributed by atoms with E-state index in [1.54, 1.807) is 48.8 Å². The lowest BCUT2D eigenvalue weighted by atomic mass is 10.2. The molecule has 3 heterocycles. The van der Waals surface area contributed by atoms with Gasteiger partial charge in [0.15, 0.2) is 5.65 Å². The predicted molar refractivity (Wildman–Crippen MR) is 125 cm³/mol. The highest BCUT2D eigenvalue weighted by Crippen LogP contribution is 2.16. The number of pyridine rings is 1. The number of imidazole rings is 1. The van der Waals surface area contributed by atoms with Gasteiger partial charge in [-0.3, -0.25) is 24.1 Å². The van der Waals surface area contributed by atoms with Gasteiger partial charge >= 0.3 is 11.7 Å². The van der Waals surface area contributed by atoms with Gasteiger partial charge in [0.2, 0.25) is 5.91 Å². The Kier molecular flexibility index (Phi) is 6.48. The molecule has 0 saturated heterocycles. The zero-order valence-corrected chi connectivity index (χ0v) is 18.2. The zero-order chi connectivity index (χ0) is 24.1. The molecule has 0 saturated carbocycles. The standard InChI is InChI=1S/C22H22N8O4/c1-30-19-18(20(32)29-22(30)34)27-16(28-19)5-6-17(31)25-14-3-2-4-15(11-14)26-21(33)24-12-13-7-9-23-10-8-13/h2-4,7-11H,5-6,12H2,1H3,(H,25,31)(H,27,28)(H2,24,26,33)(H,29,32,34). The summed E-state index contributed by atoms with van der Waals surface area (Å²) >= 11 is 0. The summed E-state index contributed by atoms with van der Waals surface area (Å²) in [5.74, 6) is 0.140. The number of aromatic nitrogens is 5. The van der Waals surface area contributed by atoms with Crippen LogP contribution >= 0.6 is 0 Å². The average molecular weight is 462 g/mol. The van der Waals surface area contributed by atoms with Gasteiger partial charge in [0.25, 0.3) is 5.56 Å². The third kappa shape index (κ3) is 5.35. The molecule has 4 aromatic rings. The maximum absolute atomic E-state index is 12.4. The molecule has 0 bridgehead atoms. The molecule has 34 heavy (non-hydrogen) atoms. The predicted octanol–water partition coefficient (Wildman–Crippen LogP) is 1.24. The van der Waals surface area contributed by atoms with Crippen molar-refractivity contribution in [2.45, 2.75) is 19.4 Å². The molecule has 1 aromatic carbocycles. The number of aryl methyl sites for hydroxylation is 2. The summed E-state index contributed by atoms with van der Waals surface area (Å²) in [4.78, 5) is 61.4. The fraction of sp³-hybridized carbons (Fsp3) is 0.182. The number of rotatable bonds is 7. The Hall–Kier alpha value is -4.74. The Labute approximate surface area is 192 Å². The van der Waals surface area contributed by atoms with Crippen LogP contribution in [0.1, 0.15) is 17.8 Å². The number of nitrogens with one attached hydrogen (secondary N) is 5. The fourth-order valence-corrected chi connectivity index (χ4v) is 3.26. The number of aromatic amines is 2. The Balaban J connectivity index is 1.32. The molecule has 0 fully saturated rings. The number of carbonyl (C=O) groups is 2. The minimum Gasteiger partial charge on any atom is -0.336 e. The van der Waals surface area contributed by atoms with Crippen molar-refractivity contribution in [3.8, 4) is 0 Å². The first-order chi connectivity index (χ1) is 16.4. The maximum Gasteiger partial charge on any atom is 0.329 e. The number of benzene rings is 1. The molecule has 0 spiro atoms. The summed E-state index contributed by atoms with van der Waals surface area (Å²) < 4.78 is 1.22. The zero-order valence-electron chi connectivity index (χ0n) is 18.2. The molecular weight excluding hydrogens is 440 g/mol. The summed E-state index contributed by atoms with van der Waals surface area (Å²) in [6, 6.07) is 9.99. The van der Waals surface area contributed by atoms with E-state index in [1.807, 2.05) is 0 Å². The highest BCUT2D eigenvalue weighted by molar-refractivity contribution is 5.93. The summed E-state index contributed by atoms with van der Waals surface area (Å²) in [5.41, 5.74) is 1.23. The lowest BCUT2D eigenvalue weighted by Gasteiger charge is -2.10. The first-order valence-electron chi connectivity index (χ1n) is 10.4. The second-order valence-electron chi connectivity index (χ2n) is 7.49. The minimum atomic E-state index is -0.562. The van der Waals surface area contributed by atoms with E-state index in [9.17, 15) is 19.2 Å². The van der Waals surface area contributed by atoms with E-state index in [0.717, 1.165) is 5.56 Å². The van der Waals surface area contributed by atoms with Crippen LogP contribution in [0.5, 0.6) is 0 Å². The van der Waals surface area contributed by atoms with Crippen molar-refractivity contribution >= 4 is 34.5 Å². The Bertz CT molecular complexity index is 1460. The Morgan fingerprint density at radius 3 is 2.53 bits per heavy atom. The number of fused-ring (bicyclic) bond motifs is 1. The van der Waals surface area contributed by atoms with Crippen molar-refractivity contribution < 1.29 is 9.59 Å². The van der Waals surface area contributed by atoms with Crippen LogP contribution < -0.4 is 27.2 Å². The highest BCUT2D eigenvalue weighted by Gasteiger charge is 2.12. The molecule has 0 atom stereocenters. The third-order valence-corrected chi connectivity index (χ3v) is 5.00. The lowest BCUT2D eigenvalue weighted by Crippen LogP contribution is -2.28. The number of hydrogen-bond donors (Lipinski definition) is 5. The summed E-state index contributed by atoms with van der Waals surface area (Å²) in [6.07, 6.45) is 3.63. The number of amides is 3. The Morgan fingerprint density at radius 2 is 1.76 bits per heavy atom. The number of H-pyrrole nitrogens is 2. The van der Waals surface area contributed by atoms with E-state index in [2.05, 4.69) is 35.9 Å². The maximum atomic E-state index is 12.4. The van der Waals surface area contributed by atoms with Crippen LogP contribution in [0.25, 0.3) is 11.2 Å². The summed E-state index contributed by atoms with van der Waals surface area (Å²) in [5, 5.41) is 8.24. The third-order valence-electron chi connectivity index (χ3n) is 5.00. The van der Waals surface area contributed by atoms with Gasteiger partial charge < -0.3 is 20.9 Å². The topological polar surface area (TPSA) is 167 Å². The van der Waals surface area contributed by atoms with Gasteiger partial charge in [0.1, 0.15) is 11.3 Å². The van der Waals surface area contributed by atoms with Gasteiger partial charge in [0, 0.05) is 50.2 Å². The van der Waals surface area contributed by atoms with Crippen molar-refractivity contribution in [1.29, 1.82) is 0 Å². The van der Waals surface area contributed by atoms with Crippen LogP contribution in [0, 0.1) is 0 Å². The molecule has 0 aliphatic heterocycles. The van der Waals surface area contributed by atoms with Gasteiger partial charge in [-0.25, -0.2) is 14.6 Å². The second-order valence-corrected chi connectivity index (χ2v) is 7.49. The number of urea groups is 1. The van der Waals surface area contributed by atoms with E-state index < -0.39 is 11.2 Å². The fourth-order valence-electron chi connectivity index (χ4n) is 3.26. The van der Waals surface area contributed by atoms with E-state index >= 15 is 0 Å². The molecule has 12 nitrogen and oxygen atoms in total. The smallest absolute Gasteiger partial charge is 0.329 e. The molecule has 0 unspecified atom stereocenters. The van der Waals surface area contributed by atoms with Crippen LogP contribution in [0.4, 0.5) is 16.2 Å². The molecule has 0 radical (unpaired) electrons. The van der Waals surface area contributed by atoms with E-state index in [0.29, 0.717) is 23.7 Å². The molecule has 0 aliphatic rings. The first kappa shape index (κ1) is 22.5. The van der Waals surface area contributed by atoms with Crippen molar-refractivity contribution in [2.75, 3.05) is 10.6 Å². The Morgan fingerprint density at radius 1 is 1.03 bits per heavy atom. The molecule has 5 N–H and O–H groups in total. The average Bonchev–Trinajstić information content (AvgIpc) is 3.26. The molecular formula is C22H22N8O4. The molecule has 3 aromatic heterocycles. The SMILES string of the molecule is Cn1c(=O)[nH]c(=O)c2[nH]c(CCC(=O)Nc3cccc(NC(=O)NCc4ccncc4)c3)nc21. The van der Waals surface area contributed by atoms with Gasteiger partial charge in [-0.1, -0.05) is 6.07 Å². The number of nitrogens with zero attached hydrogens (tertiary/aromatic N) is 3. The molecule has 0 aliphatic carbocycles. The van der Waals surface area contributed by atoms with Crippen molar-refractivity contribution in [3.63, 3.8) is 0 Å². The number of anilines is 2. The monoisotopic (exact) mass is 462 g/mol. The molecule has 4 rings (SSSR count). The quantitative estimate of drug-likeness (QED) is 0.277. The first-order valence-corrected chi connectivity index (χ1v) is 10.4. The second kappa shape index (κ2) is 9.81. The van der Waals surface area contributed by atoms with E-state index in [-0.39, 0.29) is 35.9 Å². The number of carbonyl (C=O) groups excluding carboxylic acids is 2. The van der Waals surface area contributed by atoms with Gasteiger partial charge in [-0.15, -0.1) is 0 Å². The number of hydrogen-bond acceptors (Lipinski definition) is 6. The van der Waals surface area contributed by atoms with Gasteiger partial charge in [0.05, 0.1) is 0 Å². The normalized spacial score (nSPS) is 10.7. The van der Waals surface area contributed by atoms with Gasteiger partial charge in [-0.05, 0) is 35.9 Å². The van der Waals surface area contributed by atoms with Crippen LogP contribution in [-0.4, -0.2) is 36.4 Å². The van der Waals surface area contributed by atoms with Crippen molar-refractivity contribution in [1.82, 2.24) is 29.8 Å². The molecule has 174 valence electrons. The summed E-state index contributed by atoms with van der Waals surface area (Å²) in [6.45, 7) is 0.354. The van der Waals surface area contributed by atoms with Crippen LogP contribution in [0.15, 0.2) is 58.4 Å². The largest absolute Gasteiger partial charge is 0.336 e. The van der Waals surface area contributed by atoms with Crippen LogP contribution in [0.2, 0.25) is 0 Å². The lowest BCUT2D eigenvalue weighted by molar-refractivity contribution is -0.116. The van der Waals surface area contributed by atoms with Crippen LogP contribution in [0.3, 0.4) is 0 Å². The van der Waals surface area contributed by atoms with Gasteiger partial charge in [-0.2, -0.15) is 0 Å². The van der Waals surface area contributed by atoms with Crippen molar-refractivity contribution in [3.05, 3.63) is 81.0 Å².